The summed E-state index contributed by atoms with van der Waals surface area (Å²) in [7, 11) is 0. The number of fused-ring (bicyclic) bond motifs is 3. The topological polar surface area (TPSA) is 141 Å². The number of aryl methyl sites for hydroxylation is 1. The van der Waals surface area contributed by atoms with Gasteiger partial charge < -0.3 is 9.73 Å². The van der Waals surface area contributed by atoms with Gasteiger partial charge in [-0.05, 0) is 56.7 Å². The fraction of sp³-hybridized carbons (Fsp3) is 0.458. The summed E-state index contributed by atoms with van der Waals surface area (Å²) in [5.41, 5.74) is 2.46. The fourth-order valence-electron chi connectivity index (χ4n) is 4.97. The molecule has 3 aliphatic heterocycles. The standard InChI is InChI=1S/C24H28N10O3/c1-14-11-17(22(35)27-16-6-7-16)32(29-14)9-8-30-23-28-21-20(34(23)33(24(30)36)12-15-4-5-15)19(26-13-31(21)25)18-3-2-10-37-18/h2-3,10-11,13,15-16,23H,4-9,12,25H2,1H3,(H,27,35). The lowest BCUT2D eigenvalue weighted by atomic mass is 10.2. The van der Waals surface area contributed by atoms with Gasteiger partial charge >= 0.3 is 6.03 Å². The molecule has 2 aliphatic carbocycles. The lowest BCUT2D eigenvalue weighted by Crippen LogP contribution is -2.46. The number of hydrogen-bond donors (Lipinski definition) is 2. The summed E-state index contributed by atoms with van der Waals surface area (Å²) in [6, 6.07) is 5.51. The highest BCUT2D eigenvalue weighted by Gasteiger charge is 2.53. The number of furan rings is 1. The van der Waals surface area contributed by atoms with E-state index in [9.17, 15) is 9.59 Å². The summed E-state index contributed by atoms with van der Waals surface area (Å²) in [5, 5.41) is 12.6. The molecule has 13 nitrogen and oxygen atoms in total. The number of hydrazine groups is 2. The number of urea groups is 1. The summed E-state index contributed by atoms with van der Waals surface area (Å²) in [4.78, 5) is 37.6. The third-order valence-corrected chi connectivity index (χ3v) is 7.17. The zero-order chi connectivity index (χ0) is 25.3. The molecule has 2 saturated carbocycles. The maximum atomic E-state index is 13.7. The van der Waals surface area contributed by atoms with Gasteiger partial charge in [0.05, 0.1) is 18.5 Å². The van der Waals surface area contributed by atoms with Gasteiger partial charge in [0.2, 0.25) is 6.29 Å². The first-order valence-corrected chi connectivity index (χ1v) is 12.6. The van der Waals surface area contributed by atoms with Crippen LogP contribution in [0.5, 0.6) is 0 Å². The Morgan fingerprint density at radius 1 is 1.24 bits per heavy atom. The molecule has 37 heavy (non-hydrogen) atoms. The predicted molar refractivity (Wildman–Crippen MR) is 132 cm³/mol. The molecule has 1 saturated heterocycles. The van der Waals surface area contributed by atoms with Crippen LogP contribution in [-0.2, 0) is 6.54 Å². The van der Waals surface area contributed by atoms with E-state index in [0.29, 0.717) is 54.2 Å². The number of nitrogens with one attached hydrogen (secondary N) is 1. The molecule has 5 aliphatic rings. The van der Waals surface area contributed by atoms with Crippen LogP contribution in [-0.4, -0.2) is 79.2 Å². The highest BCUT2D eigenvalue weighted by Crippen LogP contribution is 2.41. The minimum Gasteiger partial charge on any atom is -0.463 e. The molecule has 0 bridgehead atoms. The predicted octanol–water partition coefficient (Wildman–Crippen LogP) is 1.32. The monoisotopic (exact) mass is 504 g/mol. The van der Waals surface area contributed by atoms with Crippen molar-refractivity contribution < 1.29 is 14.0 Å². The molecule has 3 amide bonds. The highest BCUT2D eigenvalue weighted by atomic mass is 16.3. The zero-order valence-corrected chi connectivity index (χ0v) is 20.4. The third kappa shape index (κ3) is 3.77. The summed E-state index contributed by atoms with van der Waals surface area (Å²) in [6.07, 6.45) is 6.66. The Hall–Kier alpha value is -4.13. The van der Waals surface area contributed by atoms with Crippen LogP contribution in [0.15, 0.2) is 44.6 Å². The molecule has 3 fully saturated rings. The number of amides is 3. The van der Waals surface area contributed by atoms with Crippen LogP contribution < -0.4 is 11.2 Å². The first-order valence-electron chi connectivity index (χ1n) is 12.6. The Labute approximate surface area is 212 Å². The molecule has 7 rings (SSSR count). The van der Waals surface area contributed by atoms with Gasteiger partial charge in [-0.2, -0.15) is 5.10 Å². The summed E-state index contributed by atoms with van der Waals surface area (Å²) in [6.45, 7) is 3.12. The van der Waals surface area contributed by atoms with Gasteiger partial charge in [0.1, 0.15) is 23.4 Å². The molecule has 0 radical (unpaired) electrons. The van der Waals surface area contributed by atoms with Crippen molar-refractivity contribution in [1.82, 2.24) is 35.0 Å². The van der Waals surface area contributed by atoms with Gasteiger partial charge in [0.15, 0.2) is 11.6 Å². The number of aromatic nitrogens is 2. The Morgan fingerprint density at radius 2 is 2.08 bits per heavy atom. The molecule has 0 spiro atoms. The highest BCUT2D eigenvalue weighted by molar-refractivity contribution is 6.13. The first kappa shape index (κ1) is 22.1. The van der Waals surface area contributed by atoms with E-state index in [1.54, 1.807) is 33.0 Å². The van der Waals surface area contributed by atoms with Crippen molar-refractivity contribution in [3.63, 3.8) is 0 Å². The second-order valence-corrected chi connectivity index (χ2v) is 10.1. The van der Waals surface area contributed by atoms with Crippen LogP contribution >= 0.6 is 0 Å². The van der Waals surface area contributed by atoms with Crippen molar-refractivity contribution in [2.45, 2.75) is 51.5 Å². The lowest BCUT2D eigenvalue weighted by molar-refractivity contribution is 0.0589. The Morgan fingerprint density at radius 3 is 2.81 bits per heavy atom. The van der Waals surface area contributed by atoms with E-state index in [1.807, 2.05) is 18.0 Å². The number of carbonyl (C=O) groups excluding carboxylic acids is 2. The molecular weight excluding hydrogens is 476 g/mol. The minimum atomic E-state index is -0.616. The van der Waals surface area contributed by atoms with Gasteiger partial charge in [-0.3, -0.25) is 14.4 Å². The minimum absolute atomic E-state index is 0.135. The number of nitrogens with two attached hydrogens (primary N) is 1. The smallest absolute Gasteiger partial charge is 0.342 e. The van der Waals surface area contributed by atoms with E-state index in [2.05, 4.69) is 15.4 Å². The largest absolute Gasteiger partial charge is 0.463 e. The van der Waals surface area contributed by atoms with E-state index < -0.39 is 6.29 Å². The molecule has 0 aromatic carbocycles. The van der Waals surface area contributed by atoms with Crippen LogP contribution in [0.25, 0.3) is 5.70 Å². The lowest BCUT2D eigenvalue weighted by Gasteiger charge is -2.30. The number of carbonyl (C=O) groups is 2. The van der Waals surface area contributed by atoms with Crippen molar-refractivity contribution in [2.75, 3.05) is 13.1 Å². The zero-order valence-electron chi connectivity index (χ0n) is 20.4. The molecule has 2 aromatic heterocycles. The first-order chi connectivity index (χ1) is 18.0. The average molecular weight is 505 g/mol. The van der Waals surface area contributed by atoms with Gasteiger partial charge in [0, 0.05) is 19.1 Å². The van der Waals surface area contributed by atoms with Crippen molar-refractivity contribution in [3.05, 3.63) is 47.3 Å². The molecule has 2 aromatic rings. The molecule has 13 heteroatoms. The van der Waals surface area contributed by atoms with E-state index in [-0.39, 0.29) is 18.0 Å². The normalized spacial score (nSPS) is 22.7. The second kappa shape index (κ2) is 8.20. The second-order valence-electron chi connectivity index (χ2n) is 10.1. The van der Waals surface area contributed by atoms with E-state index in [4.69, 9.17) is 15.3 Å². The SMILES string of the molecule is Cc1cc(C(=O)NC2CC2)n(CCN2C(=O)N(CC3CC3)N3C4=C(c5ccco5)N=CN(N)C4=NC23)n1. The van der Waals surface area contributed by atoms with Crippen molar-refractivity contribution in [3.8, 4) is 0 Å². The van der Waals surface area contributed by atoms with Crippen LogP contribution in [0.1, 0.15) is 47.6 Å². The number of hydrogen-bond acceptors (Lipinski definition) is 9. The molecule has 5 heterocycles. The third-order valence-electron chi connectivity index (χ3n) is 7.17. The molecule has 1 unspecified atom stereocenters. The quantitative estimate of drug-likeness (QED) is 0.517. The van der Waals surface area contributed by atoms with Crippen LogP contribution in [0.2, 0.25) is 0 Å². The van der Waals surface area contributed by atoms with Crippen molar-refractivity contribution in [1.29, 1.82) is 0 Å². The number of rotatable bonds is 8. The Balaban J connectivity index is 1.20. The maximum absolute atomic E-state index is 13.7. The Kier molecular flexibility index (Phi) is 4.90. The summed E-state index contributed by atoms with van der Waals surface area (Å²) >= 11 is 0. The van der Waals surface area contributed by atoms with Crippen LogP contribution in [0, 0.1) is 12.8 Å². The molecular formula is C24H28N10O3. The van der Waals surface area contributed by atoms with Gasteiger partial charge in [-0.15, -0.1) is 0 Å². The van der Waals surface area contributed by atoms with Crippen molar-refractivity contribution >= 4 is 29.8 Å². The van der Waals surface area contributed by atoms with Crippen LogP contribution in [0.4, 0.5) is 4.79 Å². The average Bonchev–Trinajstić information content (AvgIpc) is 3.69. The molecule has 1 atom stereocenters. The van der Waals surface area contributed by atoms with E-state index >= 15 is 0 Å². The van der Waals surface area contributed by atoms with Gasteiger partial charge in [-0.1, -0.05) is 0 Å². The summed E-state index contributed by atoms with van der Waals surface area (Å²) in [5.74, 6) is 7.63. The van der Waals surface area contributed by atoms with Gasteiger partial charge in [-0.25, -0.2) is 35.6 Å². The van der Waals surface area contributed by atoms with Gasteiger partial charge in [0.25, 0.3) is 5.91 Å². The van der Waals surface area contributed by atoms with E-state index in [0.717, 1.165) is 31.4 Å². The molecule has 192 valence electrons. The fourth-order valence-corrected chi connectivity index (χ4v) is 4.97. The summed E-state index contributed by atoms with van der Waals surface area (Å²) < 4.78 is 7.32. The van der Waals surface area contributed by atoms with E-state index in [1.165, 1.54) is 11.3 Å². The maximum Gasteiger partial charge on any atom is 0.342 e. The number of nitrogens with zero attached hydrogens (tertiary/aromatic N) is 8. The van der Waals surface area contributed by atoms with Crippen molar-refractivity contribution in [2.24, 2.45) is 21.7 Å². The number of aliphatic imine (C=N–C) groups is 2. The molecule has 3 N–H and O–H groups in total. The Bertz CT molecular complexity index is 1350. The van der Waals surface area contributed by atoms with Crippen LogP contribution in [0.3, 0.4) is 0 Å². The number of amidine groups is 1.